The van der Waals surface area contributed by atoms with Crippen molar-refractivity contribution in [2.24, 2.45) is 21.5 Å². The fourth-order valence-electron chi connectivity index (χ4n) is 2.67. The lowest BCUT2D eigenvalue weighted by molar-refractivity contribution is -0.832. The van der Waals surface area contributed by atoms with Crippen LogP contribution in [-0.4, -0.2) is 55.9 Å². The van der Waals surface area contributed by atoms with Gasteiger partial charge in [0.15, 0.2) is 12.2 Å². The van der Waals surface area contributed by atoms with Crippen molar-refractivity contribution >= 4 is 50.0 Å². The highest BCUT2D eigenvalue weighted by Gasteiger charge is 2.35. The van der Waals surface area contributed by atoms with Crippen LogP contribution < -0.4 is 31.7 Å². The second-order valence-corrected chi connectivity index (χ2v) is 10.6. The van der Waals surface area contributed by atoms with E-state index in [1.807, 2.05) is 5.38 Å². The number of rotatable bonds is 12. The number of aromatic nitrogens is 3. The molecule has 0 unspecified atom stereocenters. The summed E-state index contributed by atoms with van der Waals surface area (Å²) in [7, 11) is -4.21. The first-order chi connectivity index (χ1) is 17.8. The van der Waals surface area contributed by atoms with Crippen LogP contribution in [0, 0.1) is 16.7 Å². The molecule has 0 saturated carbocycles. The van der Waals surface area contributed by atoms with E-state index in [-0.39, 0.29) is 34.9 Å². The first kappa shape index (κ1) is 27.5. The number of aliphatic imine (C=N–C) groups is 2. The normalized spacial score (nSPS) is 11.5. The number of nitriles is 1. The van der Waals surface area contributed by atoms with E-state index in [1.54, 1.807) is 24.0 Å². The summed E-state index contributed by atoms with van der Waals surface area (Å²) in [5, 5.41) is 31.1. The highest BCUT2D eigenvalue weighted by Crippen LogP contribution is 2.25. The Morgan fingerprint density at radius 3 is 2.86 bits per heavy atom. The summed E-state index contributed by atoms with van der Waals surface area (Å²) < 4.78 is 35.3. The molecule has 0 spiro atoms. The van der Waals surface area contributed by atoms with Gasteiger partial charge in [0.25, 0.3) is 9.84 Å². The maximum atomic E-state index is 12.8. The number of ether oxygens (including phenoxy) is 1. The smallest absolute Gasteiger partial charge is 0.415 e. The van der Waals surface area contributed by atoms with Gasteiger partial charge in [-0.1, -0.05) is 18.2 Å². The minimum atomic E-state index is -4.21. The molecule has 0 bridgehead atoms. The van der Waals surface area contributed by atoms with Crippen LogP contribution in [-0.2, 0) is 15.6 Å². The molecule has 3 aromatic rings. The molecule has 196 valence electrons. The van der Waals surface area contributed by atoms with E-state index in [9.17, 15) is 13.6 Å². The maximum Gasteiger partial charge on any atom is 0.415 e. The molecule has 15 nitrogen and oxygen atoms in total. The number of guanidine groups is 2. The third kappa shape index (κ3) is 7.96. The van der Waals surface area contributed by atoms with Gasteiger partial charge in [-0.25, -0.2) is 13.4 Å². The lowest BCUT2D eigenvalue weighted by Gasteiger charge is -2.08. The largest absolute Gasteiger partial charge is 0.453 e. The van der Waals surface area contributed by atoms with Crippen LogP contribution in [0.2, 0.25) is 0 Å². The van der Waals surface area contributed by atoms with Gasteiger partial charge >= 0.3 is 10.9 Å². The maximum absolute atomic E-state index is 12.8. The van der Waals surface area contributed by atoms with E-state index >= 15 is 0 Å². The van der Waals surface area contributed by atoms with E-state index in [4.69, 9.17) is 21.5 Å². The minimum Gasteiger partial charge on any atom is -0.453 e. The lowest BCUT2D eigenvalue weighted by atomic mass is 10.4. The summed E-state index contributed by atoms with van der Waals surface area (Å²) in [4.78, 5) is 12.1. The molecule has 2 heterocycles. The van der Waals surface area contributed by atoms with Crippen LogP contribution in [0.1, 0.15) is 5.69 Å². The molecule has 0 aliphatic carbocycles. The number of nitrogens with one attached hydrogen (secondary N) is 2. The first-order valence-electron chi connectivity index (χ1n) is 10.4. The summed E-state index contributed by atoms with van der Waals surface area (Å²) in [5.41, 5.74) is 11.5. The Balaban J connectivity index is 1.47. The van der Waals surface area contributed by atoms with E-state index in [1.165, 1.54) is 35.6 Å². The quantitative estimate of drug-likeness (QED) is 0.0557. The molecule has 0 aliphatic heterocycles. The van der Waals surface area contributed by atoms with Gasteiger partial charge in [-0.05, 0) is 17.0 Å². The Morgan fingerprint density at radius 2 is 2.14 bits per heavy atom. The second-order valence-electron chi connectivity index (χ2n) is 6.81. The van der Waals surface area contributed by atoms with Crippen LogP contribution in [0.25, 0.3) is 0 Å². The Kier molecular flexibility index (Phi) is 9.88. The highest BCUT2D eigenvalue weighted by molar-refractivity contribution is 7.98. The molecular formula is C19H22N10O5S3. The molecule has 37 heavy (non-hydrogen) atoms. The molecule has 2 aromatic heterocycles. The molecule has 0 atom stereocenters. The average molecular weight is 567 g/mol. The zero-order chi connectivity index (χ0) is 26.7. The number of hydrogen-bond acceptors (Lipinski definition) is 12. The van der Waals surface area contributed by atoms with Crippen molar-refractivity contribution in [3.63, 3.8) is 0 Å². The minimum absolute atomic E-state index is 0.0500. The lowest BCUT2D eigenvalue weighted by Crippen LogP contribution is -2.37. The van der Waals surface area contributed by atoms with Gasteiger partial charge in [0.2, 0.25) is 11.1 Å². The van der Waals surface area contributed by atoms with Crippen LogP contribution >= 0.6 is 23.1 Å². The van der Waals surface area contributed by atoms with E-state index in [2.05, 4.69) is 35.4 Å². The van der Waals surface area contributed by atoms with Gasteiger partial charge in [0, 0.05) is 16.9 Å². The Morgan fingerprint density at radius 1 is 1.35 bits per heavy atom. The SMILES string of the molecule is N#CNC(=NCCSCc1csc(N=C(N)N)n1)NCCOc1no[n+]([O-])c1S(=O)(=O)c1ccccc1. The number of sulfone groups is 1. The fourth-order valence-corrected chi connectivity index (χ4v) is 5.50. The van der Waals surface area contributed by atoms with Crippen LogP contribution in [0.5, 0.6) is 5.88 Å². The molecule has 0 aliphatic rings. The Hall–Kier alpha value is -4.08. The first-order valence-corrected chi connectivity index (χ1v) is 13.9. The van der Waals surface area contributed by atoms with Gasteiger partial charge in [-0.2, -0.15) is 22.0 Å². The van der Waals surface area contributed by atoms with Crippen molar-refractivity contribution in [2.75, 3.05) is 25.4 Å². The molecular weight excluding hydrogens is 544 g/mol. The van der Waals surface area contributed by atoms with Gasteiger partial charge in [0.05, 0.1) is 28.8 Å². The van der Waals surface area contributed by atoms with Gasteiger partial charge in [0.1, 0.15) is 6.61 Å². The molecule has 0 fully saturated rings. The van der Waals surface area contributed by atoms with E-state index in [0.717, 1.165) is 5.69 Å². The average Bonchev–Trinajstić information content (AvgIpc) is 3.47. The van der Waals surface area contributed by atoms with Crippen LogP contribution in [0.4, 0.5) is 5.13 Å². The van der Waals surface area contributed by atoms with Crippen molar-refractivity contribution in [3.8, 4) is 12.1 Å². The molecule has 0 radical (unpaired) electrons. The Bertz CT molecular complexity index is 1380. The van der Waals surface area contributed by atoms with Crippen molar-refractivity contribution in [1.29, 1.82) is 5.26 Å². The van der Waals surface area contributed by atoms with E-state index < -0.39 is 20.7 Å². The Labute approximate surface area is 219 Å². The molecule has 1 aromatic carbocycles. The predicted octanol–water partition coefficient (Wildman–Crippen LogP) is -0.169. The van der Waals surface area contributed by atoms with Gasteiger partial charge in [-0.3, -0.25) is 14.9 Å². The summed E-state index contributed by atoms with van der Waals surface area (Å²) >= 11 is 2.92. The van der Waals surface area contributed by atoms with Crippen molar-refractivity contribution < 1.29 is 22.7 Å². The molecule has 0 saturated heterocycles. The topological polar surface area (TPSA) is 234 Å². The summed E-state index contributed by atoms with van der Waals surface area (Å²) in [6.45, 7) is 0.405. The number of nitrogens with zero attached hydrogens (tertiary/aromatic N) is 6. The van der Waals surface area contributed by atoms with Crippen LogP contribution in [0.3, 0.4) is 0 Å². The summed E-state index contributed by atoms with van der Waals surface area (Å²) in [6, 6.07) is 7.35. The number of thiazole rings is 1. The van der Waals surface area contributed by atoms with E-state index in [0.29, 0.717) is 23.2 Å². The number of thioether (sulfide) groups is 1. The third-order valence-electron chi connectivity index (χ3n) is 4.18. The fraction of sp³-hybridized carbons (Fsp3) is 0.263. The number of benzene rings is 1. The van der Waals surface area contributed by atoms with Crippen molar-refractivity contribution in [3.05, 3.63) is 46.6 Å². The molecule has 0 amide bonds. The van der Waals surface area contributed by atoms with Crippen molar-refractivity contribution in [1.82, 2.24) is 20.8 Å². The summed E-state index contributed by atoms with van der Waals surface area (Å²) in [5.74, 6) is 0.957. The zero-order valence-electron chi connectivity index (χ0n) is 19.1. The molecule has 18 heteroatoms. The standard InChI is InChI=1S/C19H22N10O5S3/c20-12-25-18(24-7-9-35-10-13-11-36-19(26-13)27-17(21)22)23-6-8-33-15-16(29(30)34-28-15)37(31,32)14-4-2-1-3-5-14/h1-5,11H,6-10H2,(H2,23,24,25)(H4,21,22,26,27). The van der Waals surface area contributed by atoms with Crippen molar-refractivity contribution in [2.45, 2.75) is 15.7 Å². The highest BCUT2D eigenvalue weighted by atomic mass is 32.2. The van der Waals surface area contributed by atoms with Gasteiger partial charge < -0.3 is 26.7 Å². The molecule has 3 rings (SSSR count). The molecule has 6 N–H and O–H groups in total. The second kappa shape index (κ2) is 13.3. The monoisotopic (exact) mass is 566 g/mol. The third-order valence-corrected chi connectivity index (χ3v) is 7.66. The van der Waals surface area contributed by atoms with Crippen LogP contribution in [0.15, 0.2) is 60.2 Å². The zero-order valence-corrected chi connectivity index (χ0v) is 21.6. The number of nitrogens with two attached hydrogens (primary N) is 2. The summed E-state index contributed by atoms with van der Waals surface area (Å²) in [6.07, 6.45) is 1.78. The number of hydrogen-bond donors (Lipinski definition) is 4. The predicted molar refractivity (Wildman–Crippen MR) is 136 cm³/mol. The van der Waals surface area contributed by atoms with Gasteiger partial charge in [-0.15, -0.1) is 11.3 Å².